The van der Waals surface area contributed by atoms with E-state index in [1.165, 1.54) is 12.4 Å². The minimum Gasteiger partial charge on any atom is -0.472 e. The van der Waals surface area contributed by atoms with Crippen molar-refractivity contribution >= 4 is 28.7 Å². The Morgan fingerprint density at radius 1 is 1.24 bits per heavy atom. The number of aromatic nitrogens is 3. The molecule has 0 aliphatic carbocycles. The summed E-state index contributed by atoms with van der Waals surface area (Å²) in [7, 11) is 0. The van der Waals surface area contributed by atoms with E-state index in [1.54, 1.807) is 36.1 Å². The first-order valence-electron chi connectivity index (χ1n) is 11.0. The van der Waals surface area contributed by atoms with Gasteiger partial charge in [-0.3, -0.25) is 0 Å². The summed E-state index contributed by atoms with van der Waals surface area (Å²) in [5.74, 6) is 0.0108. The Labute approximate surface area is 202 Å². The Hall–Kier alpha value is -3.20. The van der Waals surface area contributed by atoms with E-state index >= 15 is 0 Å². The number of fused-ring (bicyclic) bond motifs is 1. The fourth-order valence-electron chi connectivity index (χ4n) is 3.60. The summed E-state index contributed by atoms with van der Waals surface area (Å²) in [6, 6.07) is 8.19. The average molecular weight is 489 g/mol. The van der Waals surface area contributed by atoms with E-state index in [2.05, 4.69) is 15.0 Å². The van der Waals surface area contributed by atoms with Crippen LogP contribution in [0.25, 0.3) is 11.0 Å². The number of hydrogen-bond acceptors (Lipinski definition) is 7. The minimum absolute atomic E-state index is 0.0197. The van der Waals surface area contributed by atoms with Crippen molar-refractivity contribution in [3.63, 3.8) is 0 Å². The number of carbonyl (C=O) groups excluding carboxylic acids is 1. The predicted octanol–water partition coefficient (Wildman–Crippen LogP) is 5.35. The first-order valence-corrected chi connectivity index (χ1v) is 11.4. The van der Waals surface area contributed by atoms with Crippen molar-refractivity contribution in [2.45, 2.75) is 51.9 Å². The Morgan fingerprint density at radius 3 is 2.79 bits per heavy atom. The highest BCUT2D eigenvalue weighted by Crippen LogP contribution is 2.30. The maximum atomic E-state index is 14.4. The normalized spacial score (nSPS) is 17.0. The molecule has 1 aliphatic rings. The lowest BCUT2D eigenvalue weighted by Crippen LogP contribution is -2.36. The molecule has 1 amide bonds. The molecule has 0 spiro atoms. The number of carbonyl (C=O) groups is 1. The smallest absolute Gasteiger partial charge is 0.410 e. The number of benzene rings is 1. The quantitative estimate of drug-likeness (QED) is 0.478. The van der Waals surface area contributed by atoms with Gasteiger partial charge >= 0.3 is 6.09 Å². The molecular formula is C24H26ClFN4O4. The van der Waals surface area contributed by atoms with Crippen LogP contribution in [-0.2, 0) is 4.74 Å². The molecule has 3 heterocycles. The van der Waals surface area contributed by atoms with E-state index in [9.17, 15) is 9.18 Å². The highest BCUT2D eigenvalue weighted by Gasteiger charge is 2.31. The van der Waals surface area contributed by atoms with Crippen molar-refractivity contribution in [3.8, 4) is 11.8 Å². The van der Waals surface area contributed by atoms with Gasteiger partial charge in [0.15, 0.2) is 5.52 Å². The number of halogens is 2. The van der Waals surface area contributed by atoms with Gasteiger partial charge in [-0.05, 0) is 39.8 Å². The number of nitrogens with zero attached hydrogens (tertiary/aromatic N) is 4. The second-order valence-electron chi connectivity index (χ2n) is 9.05. The molecule has 4 rings (SSSR count). The minimum atomic E-state index is -0.666. The zero-order chi connectivity index (χ0) is 24.5. The maximum Gasteiger partial charge on any atom is 0.410 e. The van der Waals surface area contributed by atoms with Crippen molar-refractivity contribution in [1.29, 1.82) is 0 Å². The van der Waals surface area contributed by atoms with Gasteiger partial charge in [0.2, 0.25) is 11.8 Å². The standard InChI is InChI=1S/C24H26ClFN4O4/c1-14(16-6-5-7-17(25)20(16)26)32-22-21-18(27-13-28-22)8-9-19(29-21)33-15-10-11-30(12-15)23(31)34-24(2,3)4/h5-9,13-15H,10-12H2,1-4H3/t14-,15-/m0/s1. The van der Waals surface area contributed by atoms with Crippen LogP contribution in [0.3, 0.4) is 0 Å². The lowest BCUT2D eigenvalue weighted by Gasteiger charge is -2.24. The first kappa shape index (κ1) is 23.9. The number of amides is 1. The fraction of sp³-hybridized carbons (Fsp3) is 0.417. The van der Waals surface area contributed by atoms with Crippen LogP contribution in [0.5, 0.6) is 11.8 Å². The highest BCUT2D eigenvalue weighted by atomic mass is 35.5. The van der Waals surface area contributed by atoms with Gasteiger partial charge in [-0.2, -0.15) is 4.98 Å². The predicted molar refractivity (Wildman–Crippen MR) is 125 cm³/mol. The van der Waals surface area contributed by atoms with Gasteiger partial charge in [-0.1, -0.05) is 23.7 Å². The summed E-state index contributed by atoms with van der Waals surface area (Å²) in [5.41, 5.74) is 0.686. The average Bonchev–Trinajstić information content (AvgIpc) is 3.23. The molecule has 2 atom stereocenters. The zero-order valence-electron chi connectivity index (χ0n) is 19.4. The largest absolute Gasteiger partial charge is 0.472 e. The van der Waals surface area contributed by atoms with Crippen LogP contribution in [0.4, 0.5) is 9.18 Å². The summed E-state index contributed by atoms with van der Waals surface area (Å²) in [6.45, 7) is 8.13. The van der Waals surface area contributed by atoms with Crippen molar-refractivity contribution < 1.29 is 23.4 Å². The zero-order valence-corrected chi connectivity index (χ0v) is 20.2. The first-order chi connectivity index (χ1) is 16.1. The third kappa shape index (κ3) is 5.47. The van der Waals surface area contributed by atoms with Crippen molar-refractivity contribution in [2.75, 3.05) is 13.1 Å². The third-order valence-electron chi connectivity index (χ3n) is 5.21. The molecule has 0 N–H and O–H groups in total. The van der Waals surface area contributed by atoms with E-state index in [0.29, 0.717) is 42.0 Å². The molecule has 0 radical (unpaired) electrons. The molecule has 2 aromatic heterocycles. The summed E-state index contributed by atoms with van der Waals surface area (Å²) >= 11 is 5.90. The second-order valence-corrected chi connectivity index (χ2v) is 9.46. The molecule has 0 unspecified atom stereocenters. The van der Waals surface area contributed by atoms with E-state index in [1.807, 2.05) is 20.8 Å². The van der Waals surface area contributed by atoms with E-state index in [-0.39, 0.29) is 23.1 Å². The van der Waals surface area contributed by atoms with Crippen LogP contribution in [0.15, 0.2) is 36.7 Å². The number of likely N-dealkylation sites (tertiary alicyclic amines) is 1. The second kappa shape index (κ2) is 9.58. The summed E-state index contributed by atoms with van der Waals surface area (Å²) in [5, 5.41) is 0.0197. The molecule has 1 saturated heterocycles. The van der Waals surface area contributed by atoms with E-state index in [0.717, 1.165) is 0 Å². The molecule has 180 valence electrons. The van der Waals surface area contributed by atoms with Gasteiger partial charge in [0.25, 0.3) is 0 Å². The maximum absolute atomic E-state index is 14.4. The van der Waals surface area contributed by atoms with Gasteiger partial charge in [-0.25, -0.2) is 19.2 Å². The van der Waals surface area contributed by atoms with Crippen LogP contribution >= 0.6 is 11.6 Å². The Kier molecular flexibility index (Phi) is 6.74. The monoisotopic (exact) mass is 488 g/mol. The SMILES string of the molecule is C[C@H](Oc1ncnc2ccc(O[C@H]3CCN(C(=O)OC(C)(C)C)C3)nc12)c1cccc(Cl)c1F. The van der Waals surface area contributed by atoms with Crippen molar-refractivity contribution in [2.24, 2.45) is 0 Å². The molecule has 3 aromatic rings. The Morgan fingerprint density at radius 2 is 2.03 bits per heavy atom. The third-order valence-corrected chi connectivity index (χ3v) is 5.51. The number of pyridine rings is 1. The number of ether oxygens (including phenoxy) is 3. The molecule has 8 nitrogen and oxygen atoms in total. The number of hydrogen-bond donors (Lipinski definition) is 0. The topological polar surface area (TPSA) is 86.7 Å². The summed E-state index contributed by atoms with van der Waals surface area (Å²) in [6.07, 6.45) is 0.748. The molecule has 0 bridgehead atoms. The van der Waals surface area contributed by atoms with Crippen molar-refractivity contribution in [3.05, 3.63) is 53.1 Å². The fourth-order valence-corrected chi connectivity index (χ4v) is 3.79. The van der Waals surface area contributed by atoms with Gasteiger partial charge < -0.3 is 19.1 Å². The van der Waals surface area contributed by atoms with Crippen LogP contribution in [0, 0.1) is 5.82 Å². The van der Waals surface area contributed by atoms with Gasteiger partial charge in [0.05, 0.1) is 17.1 Å². The summed E-state index contributed by atoms with van der Waals surface area (Å²) < 4.78 is 31.8. The van der Waals surface area contributed by atoms with Gasteiger partial charge in [0.1, 0.15) is 30.0 Å². The molecule has 1 fully saturated rings. The lowest BCUT2D eigenvalue weighted by atomic mass is 10.1. The van der Waals surface area contributed by atoms with E-state index < -0.39 is 17.5 Å². The molecule has 34 heavy (non-hydrogen) atoms. The van der Waals surface area contributed by atoms with E-state index in [4.69, 9.17) is 25.8 Å². The highest BCUT2D eigenvalue weighted by molar-refractivity contribution is 6.30. The van der Waals surface area contributed by atoms with Gasteiger partial charge in [0, 0.05) is 24.6 Å². The Balaban J connectivity index is 1.49. The number of rotatable bonds is 5. The molecule has 1 aliphatic heterocycles. The van der Waals surface area contributed by atoms with Crippen LogP contribution in [-0.4, -0.2) is 50.7 Å². The molecule has 0 saturated carbocycles. The van der Waals surface area contributed by atoms with Crippen LogP contribution < -0.4 is 9.47 Å². The van der Waals surface area contributed by atoms with Crippen LogP contribution in [0.1, 0.15) is 45.8 Å². The van der Waals surface area contributed by atoms with Crippen LogP contribution in [0.2, 0.25) is 5.02 Å². The lowest BCUT2D eigenvalue weighted by molar-refractivity contribution is 0.0275. The van der Waals surface area contributed by atoms with Crippen molar-refractivity contribution in [1.82, 2.24) is 19.9 Å². The van der Waals surface area contributed by atoms with Gasteiger partial charge in [-0.15, -0.1) is 0 Å². The molecule has 1 aromatic carbocycles. The Bertz CT molecular complexity index is 1200. The summed E-state index contributed by atoms with van der Waals surface area (Å²) in [4.78, 5) is 26.9. The molecular weight excluding hydrogens is 463 g/mol. The molecule has 10 heteroatoms.